The van der Waals surface area contributed by atoms with Crippen molar-refractivity contribution in [2.75, 3.05) is 22.4 Å². The molecule has 1 amide bonds. The summed E-state index contributed by atoms with van der Waals surface area (Å²) in [6.07, 6.45) is 1.68. The summed E-state index contributed by atoms with van der Waals surface area (Å²) in [7, 11) is -3.36. The number of nitrogens with zero attached hydrogens (tertiary/aromatic N) is 2. The molecule has 1 N–H and O–H groups in total. The van der Waals surface area contributed by atoms with Gasteiger partial charge in [-0.3, -0.25) is 14.4 Å². The van der Waals surface area contributed by atoms with E-state index in [1.54, 1.807) is 25.1 Å². The Hall–Kier alpha value is -2.85. The fraction of sp³-hybridized carbons (Fsp3) is 0.200. The van der Waals surface area contributed by atoms with Gasteiger partial charge in [0.1, 0.15) is 0 Å². The second-order valence-electron chi connectivity index (χ2n) is 6.94. The zero-order valence-corrected chi connectivity index (χ0v) is 17.7. The summed E-state index contributed by atoms with van der Waals surface area (Å²) in [6.45, 7) is 2.13. The van der Waals surface area contributed by atoms with E-state index in [1.807, 2.05) is 0 Å². The molecule has 10 heteroatoms. The number of thiazole rings is 1. The van der Waals surface area contributed by atoms with Crippen molar-refractivity contribution >= 4 is 38.1 Å². The molecular weight excluding hydrogens is 432 g/mol. The van der Waals surface area contributed by atoms with Gasteiger partial charge >= 0.3 is 0 Å². The lowest BCUT2D eigenvalue weighted by Gasteiger charge is -2.16. The number of hydrogen-bond acceptors (Lipinski definition) is 5. The molecule has 3 aromatic rings. The second-order valence-corrected chi connectivity index (χ2v) is 10.0. The largest absolute Gasteiger partial charge is 0.298 e. The SMILES string of the molecule is Cc1sc(NC(=O)c2ccc3c(c2)CCN3S(C)(=O)=O)nc1-c1ccc(F)c(F)c1. The minimum atomic E-state index is -3.36. The second kappa shape index (κ2) is 7.44. The number of amides is 1. The highest BCUT2D eigenvalue weighted by Crippen LogP contribution is 2.33. The van der Waals surface area contributed by atoms with E-state index in [1.165, 1.54) is 21.7 Å². The van der Waals surface area contributed by atoms with Crippen LogP contribution < -0.4 is 9.62 Å². The fourth-order valence-electron chi connectivity index (χ4n) is 3.39. The Kier molecular flexibility index (Phi) is 5.07. The van der Waals surface area contributed by atoms with Crippen LogP contribution in [0.4, 0.5) is 19.6 Å². The Morgan fingerprint density at radius 3 is 2.63 bits per heavy atom. The summed E-state index contributed by atoms with van der Waals surface area (Å²) in [5.41, 5.74) is 2.63. The van der Waals surface area contributed by atoms with Gasteiger partial charge in [0, 0.05) is 22.5 Å². The van der Waals surface area contributed by atoms with E-state index in [2.05, 4.69) is 10.3 Å². The molecule has 2 aromatic carbocycles. The Morgan fingerprint density at radius 2 is 1.93 bits per heavy atom. The molecule has 1 aromatic heterocycles. The van der Waals surface area contributed by atoms with E-state index >= 15 is 0 Å². The first kappa shape index (κ1) is 20.4. The molecule has 0 unspecified atom stereocenters. The molecule has 156 valence electrons. The van der Waals surface area contributed by atoms with Crippen molar-refractivity contribution in [2.24, 2.45) is 0 Å². The normalized spacial score (nSPS) is 13.4. The topological polar surface area (TPSA) is 79.4 Å². The van der Waals surface area contributed by atoms with E-state index in [0.29, 0.717) is 40.6 Å². The monoisotopic (exact) mass is 449 g/mol. The van der Waals surface area contributed by atoms with Crippen molar-refractivity contribution < 1.29 is 22.0 Å². The lowest BCUT2D eigenvalue weighted by atomic mass is 10.1. The number of halogens is 2. The van der Waals surface area contributed by atoms with Crippen LogP contribution in [0.1, 0.15) is 20.8 Å². The third-order valence-electron chi connectivity index (χ3n) is 4.81. The number of anilines is 2. The van der Waals surface area contributed by atoms with Crippen molar-refractivity contribution in [1.29, 1.82) is 0 Å². The van der Waals surface area contributed by atoms with Crippen molar-refractivity contribution in [2.45, 2.75) is 13.3 Å². The maximum atomic E-state index is 13.5. The fourth-order valence-corrected chi connectivity index (χ4v) is 5.18. The molecule has 0 saturated heterocycles. The third-order valence-corrected chi connectivity index (χ3v) is 6.87. The molecular formula is C20H17F2N3O3S2. The van der Waals surface area contributed by atoms with Crippen LogP contribution in [0.5, 0.6) is 0 Å². The van der Waals surface area contributed by atoms with Gasteiger partial charge in [-0.05, 0) is 55.3 Å². The first-order valence-electron chi connectivity index (χ1n) is 8.98. The smallest absolute Gasteiger partial charge is 0.257 e. The van der Waals surface area contributed by atoms with E-state index in [9.17, 15) is 22.0 Å². The quantitative estimate of drug-likeness (QED) is 0.654. The van der Waals surface area contributed by atoms with E-state index in [0.717, 1.165) is 28.8 Å². The van der Waals surface area contributed by atoms with Gasteiger partial charge < -0.3 is 0 Å². The highest BCUT2D eigenvalue weighted by atomic mass is 32.2. The van der Waals surface area contributed by atoms with Crippen LogP contribution in [-0.4, -0.2) is 32.1 Å². The molecule has 2 heterocycles. The van der Waals surface area contributed by atoms with Crippen LogP contribution in [0, 0.1) is 18.6 Å². The van der Waals surface area contributed by atoms with Crippen molar-refractivity contribution in [1.82, 2.24) is 4.98 Å². The number of carbonyl (C=O) groups excluding carboxylic acids is 1. The molecule has 0 fully saturated rings. The first-order valence-corrected chi connectivity index (χ1v) is 11.6. The van der Waals surface area contributed by atoms with E-state index in [-0.39, 0.29) is 5.91 Å². The van der Waals surface area contributed by atoms with Crippen LogP contribution in [0.2, 0.25) is 0 Å². The number of sulfonamides is 1. The van der Waals surface area contributed by atoms with Gasteiger partial charge in [0.15, 0.2) is 16.8 Å². The Bertz CT molecular complexity index is 1270. The van der Waals surface area contributed by atoms with Crippen LogP contribution in [0.3, 0.4) is 0 Å². The minimum absolute atomic E-state index is 0.329. The maximum Gasteiger partial charge on any atom is 0.257 e. The number of rotatable bonds is 4. The Morgan fingerprint density at radius 1 is 1.17 bits per heavy atom. The highest BCUT2D eigenvalue weighted by Gasteiger charge is 2.27. The average Bonchev–Trinajstić information content (AvgIpc) is 3.26. The van der Waals surface area contributed by atoms with Crippen molar-refractivity contribution in [3.63, 3.8) is 0 Å². The number of nitrogens with one attached hydrogen (secondary N) is 1. The molecule has 6 nitrogen and oxygen atoms in total. The Balaban J connectivity index is 1.56. The molecule has 0 aliphatic carbocycles. The van der Waals surface area contributed by atoms with E-state index < -0.39 is 21.7 Å². The maximum absolute atomic E-state index is 13.5. The summed E-state index contributed by atoms with van der Waals surface area (Å²) in [4.78, 5) is 17.7. The summed E-state index contributed by atoms with van der Waals surface area (Å²) < 4.78 is 51.7. The van der Waals surface area contributed by atoms with Gasteiger partial charge in [-0.2, -0.15) is 0 Å². The van der Waals surface area contributed by atoms with Gasteiger partial charge in [0.25, 0.3) is 5.91 Å². The number of aryl methyl sites for hydroxylation is 1. The predicted octanol–water partition coefficient (Wildman–Crippen LogP) is 3.97. The highest BCUT2D eigenvalue weighted by molar-refractivity contribution is 7.92. The lowest BCUT2D eigenvalue weighted by molar-refractivity contribution is 0.102. The molecule has 0 bridgehead atoms. The Labute approximate surface area is 176 Å². The molecule has 0 atom stereocenters. The summed E-state index contributed by atoms with van der Waals surface area (Å²) in [6, 6.07) is 8.39. The molecule has 0 saturated carbocycles. The van der Waals surface area contributed by atoms with Crippen LogP contribution >= 0.6 is 11.3 Å². The average molecular weight is 450 g/mol. The zero-order valence-electron chi connectivity index (χ0n) is 16.1. The number of fused-ring (bicyclic) bond motifs is 1. The van der Waals surface area contributed by atoms with Gasteiger partial charge in [-0.15, -0.1) is 11.3 Å². The standard InChI is InChI=1S/C20H17F2N3O3S2/c1-11-18(13-3-5-15(21)16(22)10-13)23-20(29-11)24-19(26)14-4-6-17-12(9-14)7-8-25(17)30(2,27)28/h3-6,9-10H,7-8H2,1-2H3,(H,23,24,26). The summed E-state index contributed by atoms with van der Waals surface area (Å²) >= 11 is 1.22. The van der Waals surface area contributed by atoms with Gasteiger partial charge in [0.05, 0.1) is 17.6 Å². The summed E-state index contributed by atoms with van der Waals surface area (Å²) in [5.74, 6) is -2.29. The molecule has 30 heavy (non-hydrogen) atoms. The molecule has 1 aliphatic rings. The van der Waals surface area contributed by atoms with Gasteiger partial charge in [0.2, 0.25) is 10.0 Å². The number of benzene rings is 2. The van der Waals surface area contributed by atoms with E-state index in [4.69, 9.17) is 0 Å². The predicted molar refractivity (Wildman–Crippen MR) is 112 cm³/mol. The van der Waals surface area contributed by atoms with Crippen molar-refractivity contribution in [3.05, 3.63) is 64.0 Å². The van der Waals surface area contributed by atoms with Gasteiger partial charge in [-0.1, -0.05) is 0 Å². The van der Waals surface area contributed by atoms with Crippen molar-refractivity contribution in [3.8, 4) is 11.3 Å². The van der Waals surface area contributed by atoms with Crippen LogP contribution in [0.15, 0.2) is 36.4 Å². The van der Waals surface area contributed by atoms with Gasteiger partial charge in [-0.25, -0.2) is 22.2 Å². The molecule has 0 radical (unpaired) electrons. The van der Waals surface area contributed by atoms with Crippen LogP contribution in [0.25, 0.3) is 11.3 Å². The number of hydrogen-bond donors (Lipinski definition) is 1. The molecule has 1 aliphatic heterocycles. The summed E-state index contributed by atoms with van der Waals surface area (Å²) in [5, 5.41) is 3.05. The van der Waals surface area contributed by atoms with Crippen LogP contribution in [-0.2, 0) is 16.4 Å². The zero-order chi connectivity index (χ0) is 21.6. The first-order chi connectivity index (χ1) is 14.1. The molecule has 4 rings (SSSR count). The molecule has 0 spiro atoms. The minimum Gasteiger partial charge on any atom is -0.298 e. The number of carbonyl (C=O) groups is 1. The lowest BCUT2D eigenvalue weighted by Crippen LogP contribution is -2.27. The third kappa shape index (κ3) is 3.80. The number of aromatic nitrogens is 1.